The molecule has 0 saturated heterocycles. The quantitative estimate of drug-likeness (QED) is 0.786. The van der Waals surface area contributed by atoms with Crippen LogP contribution in [0.1, 0.15) is 31.4 Å². The predicted molar refractivity (Wildman–Crippen MR) is 86.6 cm³/mol. The van der Waals surface area contributed by atoms with E-state index in [1.54, 1.807) is 14.2 Å². The number of nitrogens with two attached hydrogens (primary N) is 1. The topological polar surface area (TPSA) is 47.7 Å². The van der Waals surface area contributed by atoms with Crippen LogP contribution >= 0.6 is 15.9 Å². The highest BCUT2D eigenvalue weighted by Crippen LogP contribution is 2.37. The molecule has 0 amide bonds. The summed E-state index contributed by atoms with van der Waals surface area (Å²) in [5, 5.41) is 0. The van der Waals surface area contributed by atoms with Crippen LogP contribution in [0.25, 0.3) is 0 Å². The van der Waals surface area contributed by atoms with Gasteiger partial charge in [-0.05, 0) is 37.7 Å². The van der Waals surface area contributed by atoms with Crippen molar-refractivity contribution in [3.63, 3.8) is 0 Å². The zero-order valence-electron chi connectivity index (χ0n) is 12.8. The van der Waals surface area contributed by atoms with Gasteiger partial charge in [0.15, 0.2) is 11.5 Å². The summed E-state index contributed by atoms with van der Waals surface area (Å²) in [6.07, 6.45) is 2.34. The summed E-state index contributed by atoms with van der Waals surface area (Å²) in [5.74, 6) is 1.45. The van der Waals surface area contributed by atoms with Crippen molar-refractivity contribution in [2.24, 2.45) is 5.73 Å². The zero-order valence-corrected chi connectivity index (χ0v) is 14.4. The maximum Gasteiger partial charge on any atom is 0.161 e. The third kappa shape index (κ3) is 4.11. The molecule has 1 unspecified atom stereocenters. The molecule has 0 aliphatic carbocycles. The summed E-state index contributed by atoms with van der Waals surface area (Å²) in [6.45, 7) is 3.78. The summed E-state index contributed by atoms with van der Waals surface area (Å²) in [4.78, 5) is 2.29. The Labute approximate surface area is 130 Å². The average Bonchev–Trinajstić information content (AvgIpc) is 2.46. The number of likely N-dealkylation sites (N-methyl/N-ethyl adjacent to an activating group) is 1. The molecule has 2 N–H and O–H groups in total. The number of halogens is 1. The fourth-order valence-corrected chi connectivity index (χ4v) is 2.82. The molecule has 0 heterocycles. The van der Waals surface area contributed by atoms with E-state index in [1.807, 2.05) is 12.1 Å². The van der Waals surface area contributed by atoms with E-state index in [9.17, 15) is 0 Å². The monoisotopic (exact) mass is 344 g/mol. The van der Waals surface area contributed by atoms with Crippen molar-refractivity contribution in [3.05, 3.63) is 22.2 Å². The second kappa shape index (κ2) is 8.49. The molecule has 114 valence electrons. The summed E-state index contributed by atoms with van der Waals surface area (Å²) in [6, 6.07) is 4.10. The first-order valence-electron chi connectivity index (χ1n) is 6.90. The van der Waals surface area contributed by atoms with Gasteiger partial charge in [0, 0.05) is 17.1 Å². The van der Waals surface area contributed by atoms with Gasteiger partial charge < -0.3 is 15.2 Å². The minimum atomic E-state index is 0.163. The van der Waals surface area contributed by atoms with Crippen LogP contribution in [0, 0.1) is 0 Å². The standard InChI is InChI=1S/C15H25BrN2O2/c1-5-6-7-18(2)13(10-17)11-8-14(19-3)15(20-4)9-12(11)16/h8-9,13H,5-7,10,17H2,1-4H3. The van der Waals surface area contributed by atoms with Crippen LogP contribution in [0.4, 0.5) is 0 Å². The summed E-state index contributed by atoms with van der Waals surface area (Å²) in [5.41, 5.74) is 7.10. The predicted octanol–water partition coefficient (Wildman–Crippen LogP) is 3.20. The Morgan fingerprint density at radius 1 is 1.25 bits per heavy atom. The Kier molecular flexibility index (Phi) is 7.34. The lowest BCUT2D eigenvalue weighted by Crippen LogP contribution is -2.31. The van der Waals surface area contributed by atoms with E-state index < -0.39 is 0 Å². The molecule has 0 saturated carbocycles. The van der Waals surface area contributed by atoms with E-state index in [0.717, 1.165) is 34.5 Å². The SMILES string of the molecule is CCCCN(C)C(CN)c1cc(OC)c(OC)cc1Br. The van der Waals surface area contributed by atoms with Gasteiger partial charge in [0.1, 0.15) is 0 Å². The Morgan fingerprint density at radius 2 is 1.85 bits per heavy atom. The molecule has 0 spiro atoms. The van der Waals surface area contributed by atoms with Gasteiger partial charge in [0.05, 0.1) is 14.2 Å². The molecule has 0 fully saturated rings. The van der Waals surface area contributed by atoms with Crippen LogP contribution in [0.5, 0.6) is 11.5 Å². The largest absolute Gasteiger partial charge is 0.493 e. The van der Waals surface area contributed by atoms with E-state index in [4.69, 9.17) is 15.2 Å². The molecule has 1 rings (SSSR count). The van der Waals surface area contributed by atoms with Crippen molar-refractivity contribution in [2.75, 3.05) is 34.4 Å². The molecule has 0 aliphatic heterocycles. The van der Waals surface area contributed by atoms with Crippen molar-refractivity contribution in [1.29, 1.82) is 0 Å². The third-order valence-electron chi connectivity index (χ3n) is 3.48. The van der Waals surface area contributed by atoms with E-state index in [0.29, 0.717) is 6.54 Å². The van der Waals surface area contributed by atoms with Gasteiger partial charge in [-0.15, -0.1) is 0 Å². The smallest absolute Gasteiger partial charge is 0.161 e. The van der Waals surface area contributed by atoms with Crippen molar-refractivity contribution in [3.8, 4) is 11.5 Å². The highest BCUT2D eigenvalue weighted by atomic mass is 79.9. The van der Waals surface area contributed by atoms with Gasteiger partial charge in [-0.3, -0.25) is 4.90 Å². The highest BCUT2D eigenvalue weighted by molar-refractivity contribution is 9.10. The molecule has 1 aromatic carbocycles. The van der Waals surface area contributed by atoms with E-state index in [1.165, 1.54) is 6.42 Å². The van der Waals surface area contributed by atoms with Crippen molar-refractivity contribution >= 4 is 15.9 Å². The number of hydrogen-bond donors (Lipinski definition) is 1. The maximum absolute atomic E-state index is 5.97. The molecule has 4 nitrogen and oxygen atoms in total. The first-order chi connectivity index (χ1) is 9.58. The van der Waals surface area contributed by atoms with Crippen molar-refractivity contribution < 1.29 is 9.47 Å². The Hall–Kier alpha value is -0.780. The Bertz CT molecular complexity index is 427. The van der Waals surface area contributed by atoms with Crippen LogP contribution in [0.3, 0.4) is 0 Å². The normalized spacial score (nSPS) is 12.6. The zero-order chi connectivity index (χ0) is 15.1. The second-order valence-electron chi connectivity index (χ2n) is 4.81. The summed E-state index contributed by atoms with van der Waals surface area (Å²) in [7, 11) is 5.39. The lowest BCUT2D eigenvalue weighted by atomic mass is 10.0. The number of methoxy groups -OCH3 is 2. The Balaban J connectivity index is 3.08. The van der Waals surface area contributed by atoms with Crippen LogP contribution < -0.4 is 15.2 Å². The highest BCUT2D eigenvalue weighted by Gasteiger charge is 2.20. The fraction of sp³-hybridized carbons (Fsp3) is 0.600. The number of hydrogen-bond acceptors (Lipinski definition) is 4. The van der Waals surface area contributed by atoms with Crippen LogP contribution in [-0.4, -0.2) is 39.3 Å². The molecule has 1 atom stereocenters. The summed E-state index contributed by atoms with van der Waals surface area (Å²) < 4.78 is 11.7. The van der Waals surface area contributed by atoms with Gasteiger partial charge in [0.25, 0.3) is 0 Å². The van der Waals surface area contributed by atoms with Crippen LogP contribution in [0.2, 0.25) is 0 Å². The molecule has 0 bridgehead atoms. The van der Waals surface area contributed by atoms with Crippen molar-refractivity contribution in [1.82, 2.24) is 4.90 Å². The third-order valence-corrected chi connectivity index (χ3v) is 4.17. The fourth-order valence-electron chi connectivity index (χ4n) is 2.23. The van der Waals surface area contributed by atoms with Gasteiger partial charge in [-0.2, -0.15) is 0 Å². The van der Waals surface area contributed by atoms with E-state index in [2.05, 4.69) is 34.8 Å². The molecular weight excluding hydrogens is 320 g/mol. The molecular formula is C15H25BrN2O2. The molecule has 0 aromatic heterocycles. The lowest BCUT2D eigenvalue weighted by Gasteiger charge is -2.28. The van der Waals surface area contributed by atoms with Gasteiger partial charge >= 0.3 is 0 Å². The number of unbranched alkanes of at least 4 members (excludes halogenated alkanes) is 1. The minimum Gasteiger partial charge on any atom is -0.493 e. The summed E-state index contributed by atoms with van der Waals surface area (Å²) >= 11 is 3.61. The average molecular weight is 345 g/mol. The van der Waals surface area contributed by atoms with E-state index in [-0.39, 0.29) is 6.04 Å². The molecule has 5 heteroatoms. The lowest BCUT2D eigenvalue weighted by molar-refractivity contribution is 0.245. The first kappa shape index (κ1) is 17.3. The molecule has 20 heavy (non-hydrogen) atoms. The number of rotatable bonds is 8. The minimum absolute atomic E-state index is 0.163. The van der Waals surface area contributed by atoms with Gasteiger partial charge in [-0.1, -0.05) is 29.3 Å². The van der Waals surface area contributed by atoms with Gasteiger partial charge in [0.2, 0.25) is 0 Å². The Morgan fingerprint density at radius 3 is 2.35 bits per heavy atom. The first-order valence-corrected chi connectivity index (χ1v) is 7.70. The number of nitrogens with zero attached hydrogens (tertiary/aromatic N) is 1. The molecule has 1 aromatic rings. The van der Waals surface area contributed by atoms with Gasteiger partial charge in [-0.25, -0.2) is 0 Å². The van der Waals surface area contributed by atoms with Crippen LogP contribution in [-0.2, 0) is 0 Å². The van der Waals surface area contributed by atoms with Crippen LogP contribution in [0.15, 0.2) is 16.6 Å². The van der Waals surface area contributed by atoms with E-state index >= 15 is 0 Å². The second-order valence-corrected chi connectivity index (χ2v) is 5.67. The molecule has 0 aliphatic rings. The maximum atomic E-state index is 5.97. The van der Waals surface area contributed by atoms with Crippen molar-refractivity contribution in [2.45, 2.75) is 25.8 Å². The number of ether oxygens (including phenoxy) is 2. The molecule has 0 radical (unpaired) electrons. The number of benzene rings is 1.